The summed E-state index contributed by atoms with van der Waals surface area (Å²) in [5, 5.41) is 52.2. The fraction of sp³-hybridized carbons (Fsp3) is 0.500. The second-order valence-corrected chi connectivity index (χ2v) is 12.4. The zero-order valence-corrected chi connectivity index (χ0v) is 30.4. The molecule has 0 saturated heterocycles. The predicted molar refractivity (Wildman–Crippen MR) is 193 cm³/mol. The highest BCUT2D eigenvalue weighted by atomic mass is 16.4. The monoisotopic (exact) mass is 775 g/mol. The SMILES string of the molecule is O=C(O)CN(CCN(CC(=O)O)CC(=O)NCCN(CC(=O)O)Cc1ccccn1)CCN(CC(=O)O)CC(=O)NCCN(CC(=O)O)Cc1ccccn1. The lowest BCUT2D eigenvalue weighted by Crippen LogP contribution is -2.48. The fourth-order valence-corrected chi connectivity index (χ4v) is 5.31. The molecule has 0 aromatic carbocycles. The molecular weight excluding hydrogens is 726 g/mol. The summed E-state index contributed by atoms with van der Waals surface area (Å²) in [5.74, 6) is -6.89. The fourth-order valence-electron chi connectivity index (χ4n) is 5.31. The molecule has 21 nitrogen and oxygen atoms in total. The van der Waals surface area contributed by atoms with E-state index in [9.17, 15) is 59.1 Å². The van der Waals surface area contributed by atoms with E-state index in [4.69, 9.17) is 0 Å². The van der Waals surface area contributed by atoms with Crippen molar-refractivity contribution in [3.8, 4) is 0 Å². The van der Waals surface area contributed by atoms with E-state index in [1.807, 2.05) is 0 Å². The molecule has 302 valence electrons. The van der Waals surface area contributed by atoms with Gasteiger partial charge in [0.1, 0.15) is 0 Å². The third kappa shape index (κ3) is 22.3. The maximum atomic E-state index is 12.7. The topological polar surface area (TPSA) is 287 Å². The predicted octanol–water partition coefficient (Wildman–Crippen LogP) is -2.66. The van der Waals surface area contributed by atoms with Crippen LogP contribution in [-0.4, -0.2) is 200 Å². The minimum absolute atomic E-state index is 0.0217. The molecule has 0 saturated carbocycles. The first-order chi connectivity index (χ1) is 26.2. The Kier molecular flexibility index (Phi) is 21.0. The molecule has 2 amide bonds. The standard InChI is InChI=1S/C34H49N9O12/c44-28(37-9-11-40(22-31(48)49)17-26-5-1-3-7-35-26)19-42(24-33(52)53)15-13-39(21-30(46)47)14-16-43(25-34(54)55)20-29(45)38-10-12-41(23-32(50)51)18-27-6-2-4-8-36-27/h1-8H,9-25H2,(H,37,44)(H,38,45)(H,46,47)(H,48,49)(H,50,51)(H,52,53)(H,54,55). The zero-order valence-electron chi connectivity index (χ0n) is 30.4. The number of carbonyl (C=O) groups excluding carboxylic acids is 2. The Bertz CT molecular complexity index is 1430. The molecule has 0 atom stereocenters. The lowest BCUT2D eigenvalue weighted by Gasteiger charge is -2.28. The number of nitrogens with one attached hydrogen (secondary N) is 2. The molecule has 55 heavy (non-hydrogen) atoms. The minimum atomic E-state index is -1.23. The van der Waals surface area contributed by atoms with Crippen molar-refractivity contribution in [1.29, 1.82) is 0 Å². The number of hydrogen-bond acceptors (Lipinski definition) is 14. The van der Waals surface area contributed by atoms with Gasteiger partial charge in [-0.2, -0.15) is 0 Å². The van der Waals surface area contributed by atoms with Gasteiger partial charge in [-0.25, -0.2) is 0 Å². The third-order valence-corrected chi connectivity index (χ3v) is 7.72. The van der Waals surface area contributed by atoms with Crippen molar-refractivity contribution in [2.75, 3.05) is 98.2 Å². The molecule has 0 spiro atoms. The van der Waals surface area contributed by atoms with Crippen LogP contribution in [0.4, 0.5) is 0 Å². The van der Waals surface area contributed by atoms with Gasteiger partial charge in [0, 0.05) is 77.8 Å². The van der Waals surface area contributed by atoms with Gasteiger partial charge in [0.2, 0.25) is 11.8 Å². The van der Waals surface area contributed by atoms with Gasteiger partial charge in [-0.05, 0) is 24.3 Å². The Morgan fingerprint density at radius 3 is 1.09 bits per heavy atom. The number of carboxylic acids is 5. The van der Waals surface area contributed by atoms with Crippen molar-refractivity contribution >= 4 is 41.7 Å². The first-order valence-electron chi connectivity index (χ1n) is 17.2. The summed E-state index contributed by atoms with van der Waals surface area (Å²) < 4.78 is 0. The number of aromatic nitrogens is 2. The van der Waals surface area contributed by atoms with Gasteiger partial charge < -0.3 is 36.2 Å². The van der Waals surface area contributed by atoms with Crippen LogP contribution in [0.3, 0.4) is 0 Å². The van der Waals surface area contributed by atoms with Gasteiger partial charge in [-0.3, -0.25) is 68.0 Å². The maximum absolute atomic E-state index is 12.7. The van der Waals surface area contributed by atoms with Crippen molar-refractivity contribution in [3.63, 3.8) is 0 Å². The van der Waals surface area contributed by atoms with Crippen molar-refractivity contribution in [1.82, 2.24) is 45.1 Å². The van der Waals surface area contributed by atoms with Gasteiger partial charge in [-0.1, -0.05) is 12.1 Å². The maximum Gasteiger partial charge on any atom is 0.317 e. The summed E-state index contributed by atoms with van der Waals surface area (Å²) in [7, 11) is 0. The number of pyridine rings is 2. The van der Waals surface area contributed by atoms with Crippen molar-refractivity contribution in [3.05, 3.63) is 60.2 Å². The van der Waals surface area contributed by atoms with E-state index in [1.54, 1.807) is 58.6 Å². The molecule has 0 unspecified atom stereocenters. The third-order valence-electron chi connectivity index (χ3n) is 7.72. The van der Waals surface area contributed by atoms with E-state index >= 15 is 0 Å². The Morgan fingerprint density at radius 1 is 0.436 bits per heavy atom. The van der Waals surface area contributed by atoms with Crippen LogP contribution in [0.5, 0.6) is 0 Å². The summed E-state index contributed by atoms with van der Waals surface area (Å²) >= 11 is 0. The van der Waals surface area contributed by atoms with Gasteiger partial charge in [0.15, 0.2) is 0 Å². The lowest BCUT2D eigenvalue weighted by atomic mass is 10.3. The number of rotatable bonds is 30. The summed E-state index contributed by atoms with van der Waals surface area (Å²) in [5.41, 5.74) is 1.27. The number of hydrogen-bond donors (Lipinski definition) is 7. The number of aliphatic carboxylic acids is 5. The Balaban J connectivity index is 1.92. The molecule has 0 radical (unpaired) electrons. The molecular formula is C34H49N9O12. The highest BCUT2D eigenvalue weighted by Gasteiger charge is 2.21. The van der Waals surface area contributed by atoms with E-state index in [-0.39, 0.29) is 91.6 Å². The molecule has 0 fully saturated rings. The second kappa shape index (κ2) is 25.4. The van der Waals surface area contributed by atoms with E-state index < -0.39 is 61.3 Å². The molecule has 0 aliphatic heterocycles. The van der Waals surface area contributed by atoms with Crippen molar-refractivity contribution in [2.24, 2.45) is 0 Å². The van der Waals surface area contributed by atoms with Crippen LogP contribution in [0.25, 0.3) is 0 Å². The Hall–Kier alpha value is -5.61. The van der Waals surface area contributed by atoms with Crippen LogP contribution in [0.2, 0.25) is 0 Å². The van der Waals surface area contributed by atoms with Crippen LogP contribution in [0.15, 0.2) is 48.8 Å². The highest BCUT2D eigenvalue weighted by Crippen LogP contribution is 2.03. The average molecular weight is 776 g/mol. The zero-order chi connectivity index (χ0) is 40.6. The Morgan fingerprint density at radius 2 is 0.764 bits per heavy atom. The van der Waals surface area contributed by atoms with Gasteiger partial charge >= 0.3 is 29.8 Å². The number of amides is 2. The Labute approximate surface area is 317 Å². The summed E-state index contributed by atoms with van der Waals surface area (Å²) in [4.78, 5) is 98.5. The number of carbonyl (C=O) groups is 7. The lowest BCUT2D eigenvalue weighted by molar-refractivity contribution is -0.141. The first kappa shape index (κ1) is 45.5. The molecule has 2 aromatic heterocycles. The van der Waals surface area contributed by atoms with Crippen LogP contribution in [-0.2, 0) is 46.7 Å². The molecule has 0 aliphatic rings. The minimum Gasteiger partial charge on any atom is -0.480 e. The normalized spacial score (nSPS) is 11.3. The molecule has 7 N–H and O–H groups in total. The quantitative estimate of drug-likeness (QED) is 0.0426. The van der Waals surface area contributed by atoms with Crippen LogP contribution in [0, 0.1) is 0 Å². The van der Waals surface area contributed by atoms with Gasteiger partial charge in [-0.15, -0.1) is 0 Å². The summed E-state index contributed by atoms with van der Waals surface area (Å²) in [6.07, 6.45) is 3.15. The largest absolute Gasteiger partial charge is 0.480 e. The van der Waals surface area contributed by atoms with E-state index in [0.29, 0.717) is 11.4 Å². The molecule has 2 heterocycles. The van der Waals surface area contributed by atoms with E-state index in [1.165, 1.54) is 14.7 Å². The van der Waals surface area contributed by atoms with Gasteiger partial charge in [0.05, 0.1) is 57.2 Å². The molecule has 0 aliphatic carbocycles. The van der Waals surface area contributed by atoms with E-state index in [0.717, 1.165) is 0 Å². The first-order valence-corrected chi connectivity index (χ1v) is 17.2. The molecule has 2 aromatic rings. The van der Waals surface area contributed by atoms with Crippen LogP contribution in [0.1, 0.15) is 11.4 Å². The average Bonchev–Trinajstić information content (AvgIpc) is 3.09. The van der Waals surface area contributed by atoms with Crippen molar-refractivity contribution < 1.29 is 59.1 Å². The highest BCUT2D eigenvalue weighted by molar-refractivity contribution is 5.79. The smallest absolute Gasteiger partial charge is 0.317 e. The summed E-state index contributed by atoms with van der Waals surface area (Å²) in [6.45, 7) is -2.15. The van der Waals surface area contributed by atoms with Crippen LogP contribution >= 0.6 is 0 Å². The number of carboxylic acid groups (broad SMARTS) is 5. The molecule has 0 bridgehead atoms. The summed E-state index contributed by atoms with van der Waals surface area (Å²) in [6, 6.07) is 10.4. The van der Waals surface area contributed by atoms with Crippen LogP contribution < -0.4 is 10.6 Å². The second-order valence-electron chi connectivity index (χ2n) is 12.4. The number of nitrogens with zero attached hydrogens (tertiary/aromatic N) is 7. The van der Waals surface area contributed by atoms with Gasteiger partial charge in [0.25, 0.3) is 0 Å². The molecule has 21 heteroatoms. The van der Waals surface area contributed by atoms with E-state index in [2.05, 4.69) is 20.6 Å². The molecule has 2 rings (SSSR count). The van der Waals surface area contributed by atoms with Crippen molar-refractivity contribution in [2.45, 2.75) is 13.1 Å².